The minimum atomic E-state index is 0.180. The second-order valence-electron chi connectivity index (χ2n) is 6.23. The zero-order valence-corrected chi connectivity index (χ0v) is 13.8. The van der Waals surface area contributed by atoms with E-state index in [0.717, 1.165) is 30.9 Å². The highest BCUT2D eigenvalue weighted by Crippen LogP contribution is 2.30. The number of phenols is 1. The zero-order chi connectivity index (χ0) is 15.4. The molecule has 0 aliphatic carbocycles. The Hall–Kier alpha value is -1.26. The summed E-state index contributed by atoms with van der Waals surface area (Å²) >= 11 is 0. The molecule has 2 rings (SSSR count). The lowest BCUT2D eigenvalue weighted by molar-refractivity contribution is 0.258. The number of aromatic hydroxyl groups is 1. The molecule has 1 saturated heterocycles. The van der Waals surface area contributed by atoms with Gasteiger partial charge in [-0.1, -0.05) is 13.0 Å². The molecule has 1 fully saturated rings. The fourth-order valence-electron chi connectivity index (χ4n) is 3.12. The van der Waals surface area contributed by atoms with Gasteiger partial charge in [-0.3, -0.25) is 0 Å². The van der Waals surface area contributed by atoms with Crippen LogP contribution in [0.25, 0.3) is 0 Å². The van der Waals surface area contributed by atoms with E-state index in [0.29, 0.717) is 11.8 Å². The van der Waals surface area contributed by atoms with Crippen LogP contribution < -0.4 is 10.2 Å². The SMILES string of the molecule is CCNC(C)c1ccc(N2CCCC(N(C)C)C2)cc1O. The fraction of sp³-hybridized carbons (Fsp3) is 0.647. The van der Waals surface area contributed by atoms with Gasteiger partial charge in [0.25, 0.3) is 0 Å². The van der Waals surface area contributed by atoms with Gasteiger partial charge in [-0.25, -0.2) is 0 Å². The first-order chi connectivity index (χ1) is 10.0. The predicted molar refractivity (Wildman–Crippen MR) is 89.1 cm³/mol. The first-order valence-corrected chi connectivity index (χ1v) is 8.00. The average molecular weight is 291 g/mol. The Kier molecular flexibility index (Phi) is 5.48. The van der Waals surface area contributed by atoms with Crippen molar-refractivity contribution >= 4 is 5.69 Å². The summed E-state index contributed by atoms with van der Waals surface area (Å²) in [5.41, 5.74) is 2.10. The van der Waals surface area contributed by atoms with Crippen molar-refractivity contribution in [2.75, 3.05) is 38.6 Å². The van der Waals surface area contributed by atoms with Crippen LogP contribution in [0.5, 0.6) is 5.75 Å². The van der Waals surface area contributed by atoms with E-state index >= 15 is 0 Å². The van der Waals surface area contributed by atoms with E-state index in [2.05, 4.69) is 55.2 Å². The van der Waals surface area contributed by atoms with Gasteiger partial charge in [0.2, 0.25) is 0 Å². The molecule has 1 aromatic rings. The number of phenolic OH excluding ortho intramolecular Hbond substituents is 1. The van der Waals surface area contributed by atoms with Gasteiger partial charge >= 0.3 is 0 Å². The molecule has 0 saturated carbocycles. The van der Waals surface area contributed by atoms with Crippen LogP contribution in [-0.4, -0.2) is 49.8 Å². The van der Waals surface area contributed by atoms with Crippen LogP contribution in [0, 0.1) is 0 Å². The Morgan fingerprint density at radius 3 is 2.81 bits per heavy atom. The summed E-state index contributed by atoms with van der Waals surface area (Å²) in [7, 11) is 4.29. The van der Waals surface area contributed by atoms with Gasteiger partial charge in [0.1, 0.15) is 5.75 Å². The molecule has 118 valence electrons. The van der Waals surface area contributed by atoms with Crippen molar-refractivity contribution in [3.05, 3.63) is 23.8 Å². The fourth-order valence-corrected chi connectivity index (χ4v) is 3.12. The number of rotatable bonds is 5. The third-order valence-electron chi connectivity index (χ3n) is 4.48. The maximum absolute atomic E-state index is 10.3. The van der Waals surface area contributed by atoms with Gasteiger partial charge in [0.15, 0.2) is 0 Å². The second kappa shape index (κ2) is 7.14. The van der Waals surface area contributed by atoms with Crippen molar-refractivity contribution in [2.45, 2.75) is 38.8 Å². The van der Waals surface area contributed by atoms with Crippen molar-refractivity contribution < 1.29 is 5.11 Å². The molecule has 4 heteroatoms. The Bertz CT molecular complexity index is 461. The normalized spacial score (nSPS) is 20.8. The number of piperidine rings is 1. The first-order valence-electron chi connectivity index (χ1n) is 8.00. The lowest BCUT2D eigenvalue weighted by atomic mass is 10.0. The van der Waals surface area contributed by atoms with E-state index in [1.54, 1.807) is 0 Å². The third-order valence-corrected chi connectivity index (χ3v) is 4.48. The number of nitrogens with one attached hydrogen (secondary N) is 1. The van der Waals surface area contributed by atoms with Gasteiger partial charge in [-0.05, 0) is 46.5 Å². The van der Waals surface area contributed by atoms with Crippen molar-refractivity contribution in [2.24, 2.45) is 0 Å². The topological polar surface area (TPSA) is 38.7 Å². The van der Waals surface area contributed by atoms with E-state index in [1.165, 1.54) is 12.8 Å². The molecular formula is C17H29N3O. The lowest BCUT2D eigenvalue weighted by Gasteiger charge is -2.37. The monoisotopic (exact) mass is 291 g/mol. The first kappa shape index (κ1) is 16.1. The Balaban J connectivity index is 2.12. The molecule has 0 aromatic heterocycles. The van der Waals surface area contributed by atoms with Crippen LogP contribution in [0.15, 0.2) is 18.2 Å². The number of nitrogens with zero attached hydrogens (tertiary/aromatic N) is 2. The third kappa shape index (κ3) is 3.89. The quantitative estimate of drug-likeness (QED) is 0.874. The highest BCUT2D eigenvalue weighted by molar-refractivity contribution is 5.54. The molecule has 2 unspecified atom stereocenters. The van der Waals surface area contributed by atoms with E-state index in [4.69, 9.17) is 0 Å². The van der Waals surface area contributed by atoms with E-state index in [1.807, 2.05) is 6.07 Å². The van der Waals surface area contributed by atoms with Gasteiger partial charge in [-0.15, -0.1) is 0 Å². The van der Waals surface area contributed by atoms with Crippen LogP contribution in [0.4, 0.5) is 5.69 Å². The van der Waals surface area contributed by atoms with Crippen LogP contribution in [0.2, 0.25) is 0 Å². The minimum Gasteiger partial charge on any atom is -0.508 e. The summed E-state index contributed by atoms with van der Waals surface area (Å²) in [6, 6.07) is 6.89. The van der Waals surface area contributed by atoms with Crippen LogP contribution >= 0.6 is 0 Å². The summed E-state index contributed by atoms with van der Waals surface area (Å²) in [4.78, 5) is 4.68. The number of likely N-dealkylation sites (N-methyl/N-ethyl adjacent to an activating group) is 1. The molecule has 4 nitrogen and oxygen atoms in total. The molecule has 0 bridgehead atoms. The number of benzene rings is 1. The highest BCUT2D eigenvalue weighted by Gasteiger charge is 2.22. The molecule has 0 spiro atoms. The zero-order valence-electron chi connectivity index (χ0n) is 13.8. The van der Waals surface area contributed by atoms with Gasteiger partial charge < -0.3 is 20.2 Å². The Morgan fingerprint density at radius 1 is 1.43 bits per heavy atom. The van der Waals surface area contributed by atoms with Crippen molar-refractivity contribution in [3.63, 3.8) is 0 Å². The van der Waals surface area contributed by atoms with Gasteiger partial charge in [-0.2, -0.15) is 0 Å². The van der Waals surface area contributed by atoms with Crippen molar-refractivity contribution in [1.29, 1.82) is 0 Å². The summed E-state index contributed by atoms with van der Waals surface area (Å²) in [6.45, 7) is 7.18. The number of hydrogen-bond donors (Lipinski definition) is 2. The van der Waals surface area contributed by atoms with Gasteiger partial charge in [0.05, 0.1) is 0 Å². The van der Waals surface area contributed by atoms with Crippen molar-refractivity contribution in [3.8, 4) is 5.75 Å². The summed E-state index contributed by atoms with van der Waals surface area (Å²) < 4.78 is 0. The molecular weight excluding hydrogens is 262 g/mol. The number of hydrogen-bond acceptors (Lipinski definition) is 4. The maximum Gasteiger partial charge on any atom is 0.122 e. The molecule has 1 aliphatic heterocycles. The highest BCUT2D eigenvalue weighted by atomic mass is 16.3. The summed E-state index contributed by atoms with van der Waals surface area (Å²) in [5.74, 6) is 0.396. The standard InChI is InChI=1S/C17H29N3O/c1-5-18-13(2)16-9-8-14(11-17(16)21)20-10-6-7-15(12-20)19(3)4/h8-9,11,13,15,18,21H,5-7,10,12H2,1-4H3. The molecule has 1 aromatic carbocycles. The molecule has 2 atom stereocenters. The van der Waals surface area contributed by atoms with Crippen LogP contribution in [0.3, 0.4) is 0 Å². The molecule has 2 N–H and O–H groups in total. The summed E-state index contributed by atoms with van der Waals surface area (Å²) in [6.07, 6.45) is 2.46. The van der Waals surface area contributed by atoms with Crippen LogP contribution in [-0.2, 0) is 0 Å². The second-order valence-corrected chi connectivity index (χ2v) is 6.23. The van der Waals surface area contributed by atoms with E-state index in [9.17, 15) is 5.11 Å². The Morgan fingerprint density at radius 2 is 2.19 bits per heavy atom. The Labute approximate surface area is 128 Å². The average Bonchev–Trinajstić information content (AvgIpc) is 2.47. The predicted octanol–water partition coefficient (Wildman–Crippen LogP) is 2.59. The molecule has 21 heavy (non-hydrogen) atoms. The van der Waals surface area contributed by atoms with E-state index in [-0.39, 0.29) is 6.04 Å². The lowest BCUT2D eigenvalue weighted by Crippen LogP contribution is -2.45. The molecule has 1 aliphatic rings. The maximum atomic E-state index is 10.3. The van der Waals surface area contributed by atoms with Gasteiger partial charge in [0, 0.05) is 42.5 Å². The molecule has 0 radical (unpaired) electrons. The van der Waals surface area contributed by atoms with E-state index < -0.39 is 0 Å². The van der Waals surface area contributed by atoms with Crippen LogP contribution in [0.1, 0.15) is 38.3 Å². The summed E-state index contributed by atoms with van der Waals surface area (Å²) in [5, 5.41) is 13.7. The molecule has 1 heterocycles. The molecule has 0 amide bonds. The smallest absolute Gasteiger partial charge is 0.122 e. The van der Waals surface area contributed by atoms with Crippen molar-refractivity contribution in [1.82, 2.24) is 10.2 Å². The minimum absolute atomic E-state index is 0.180. The number of anilines is 1. The largest absolute Gasteiger partial charge is 0.508 e.